The lowest BCUT2D eigenvalue weighted by Gasteiger charge is -2.24. The van der Waals surface area contributed by atoms with Crippen LogP contribution >= 0.6 is 12.2 Å². The zero-order valence-electron chi connectivity index (χ0n) is 11.5. The van der Waals surface area contributed by atoms with Crippen molar-refractivity contribution in [1.29, 1.82) is 0 Å². The van der Waals surface area contributed by atoms with Crippen LogP contribution in [-0.4, -0.2) is 28.4 Å². The molecule has 0 aromatic heterocycles. The highest BCUT2D eigenvalue weighted by Gasteiger charge is 2.30. The zero-order valence-corrected chi connectivity index (χ0v) is 12.3. The van der Waals surface area contributed by atoms with E-state index in [9.17, 15) is 4.79 Å². The zero-order chi connectivity index (χ0) is 14.0. The molecule has 102 valence electrons. The maximum atomic E-state index is 12.4. The Morgan fingerprint density at radius 3 is 2.89 bits per heavy atom. The van der Waals surface area contributed by atoms with Crippen molar-refractivity contribution in [2.24, 2.45) is 5.73 Å². The fourth-order valence-electron chi connectivity index (χ4n) is 2.62. The predicted octanol–water partition coefficient (Wildman–Crippen LogP) is 2.12. The smallest absolute Gasteiger partial charge is 0.227 e. The molecule has 0 bridgehead atoms. The number of nitrogens with two attached hydrogens (primary N) is 1. The minimum Gasteiger partial charge on any atom is -0.392 e. The summed E-state index contributed by atoms with van der Waals surface area (Å²) in [6, 6.07) is 6.16. The number of aryl methyl sites for hydroxylation is 2. The molecule has 1 aromatic rings. The number of carbonyl (C=O) groups excluding carboxylic acids is 1. The van der Waals surface area contributed by atoms with E-state index in [0.29, 0.717) is 11.4 Å². The fourth-order valence-corrected chi connectivity index (χ4v) is 2.86. The van der Waals surface area contributed by atoms with Crippen LogP contribution in [0, 0.1) is 13.8 Å². The third-order valence-electron chi connectivity index (χ3n) is 3.75. The molecule has 2 N–H and O–H groups in total. The van der Waals surface area contributed by atoms with Gasteiger partial charge in [0.15, 0.2) is 0 Å². The van der Waals surface area contributed by atoms with Crippen LogP contribution < -0.4 is 5.73 Å². The third kappa shape index (κ3) is 3.13. The first-order chi connectivity index (χ1) is 8.99. The van der Waals surface area contributed by atoms with E-state index in [1.54, 1.807) is 0 Å². The molecule has 2 rings (SSSR count). The molecular formula is C15H20N2OS. The number of carbonyl (C=O) groups is 1. The van der Waals surface area contributed by atoms with E-state index in [1.165, 1.54) is 5.56 Å². The van der Waals surface area contributed by atoms with Gasteiger partial charge in [-0.3, -0.25) is 4.79 Å². The quantitative estimate of drug-likeness (QED) is 0.860. The highest BCUT2D eigenvalue weighted by atomic mass is 32.1. The number of amides is 1. The lowest BCUT2D eigenvalue weighted by molar-refractivity contribution is -0.130. The molecule has 1 saturated heterocycles. The SMILES string of the molecule is Cc1ccc(C)c(CC(=O)N2CCCC2C(N)=S)c1. The van der Waals surface area contributed by atoms with Crippen molar-refractivity contribution < 1.29 is 4.79 Å². The minimum absolute atomic E-state index is 0.0485. The first-order valence-corrected chi connectivity index (χ1v) is 7.05. The normalized spacial score (nSPS) is 18.6. The van der Waals surface area contributed by atoms with E-state index in [-0.39, 0.29) is 11.9 Å². The molecule has 1 fully saturated rings. The van der Waals surface area contributed by atoms with Crippen LogP contribution in [0.1, 0.15) is 29.5 Å². The number of likely N-dealkylation sites (tertiary alicyclic amines) is 1. The summed E-state index contributed by atoms with van der Waals surface area (Å²) in [5, 5.41) is 0. The summed E-state index contributed by atoms with van der Waals surface area (Å²) in [5.74, 6) is 0.129. The van der Waals surface area contributed by atoms with E-state index in [1.807, 2.05) is 18.7 Å². The summed E-state index contributed by atoms with van der Waals surface area (Å²) in [7, 11) is 0. The average molecular weight is 276 g/mol. The molecule has 4 heteroatoms. The lowest BCUT2D eigenvalue weighted by atomic mass is 10.0. The second kappa shape index (κ2) is 5.70. The summed E-state index contributed by atoms with van der Waals surface area (Å²) in [6.45, 7) is 4.85. The van der Waals surface area contributed by atoms with Crippen molar-refractivity contribution in [2.75, 3.05) is 6.54 Å². The molecule has 1 amide bonds. The highest BCUT2D eigenvalue weighted by molar-refractivity contribution is 7.80. The fraction of sp³-hybridized carbons (Fsp3) is 0.467. The first-order valence-electron chi connectivity index (χ1n) is 6.64. The molecular weight excluding hydrogens is 256 g/mol. The van der Waals surface area contributed by atoms with Crippen LogP contribution in [0.25, 0.3) is 0 Å². The second-order valence-electron chi connectivity index (χ2n) is 5.25. The molecule has 19 heavy (non-hydrogen) atoms. The Balaban J connectivity index is 2.12. The van der Waals surface area contributed by atoms with Crippen molar-refractivity contribution in [3.63, 3.8) is 0 Å². The van der Waals surface area contributed by atoms with Gasteiger partial charge >= 0.3 is 0 Å². The Labute approximate surface area is 119 Å². The standard InChI is InChI=1S/C15H20N2OS/c1-10-5-6-11(2)12(8-10)9-14(18)17-7-3-4-13(17)15(16)19/h5-6,8,13H,3-4,7,9H2,1-2H3,(H2,16,19). The van der Waals surface area contributed by atoms with Crippen LogP contribution in [0.2, 0.25) is 0 Å². The van der Waals surface area contributed by atoms with E-state index in [2.05, 4.69) is 18.2 Å². The number of nitrogens with zero attached hydrogens (tertiary/aromatic N) is 1. The summed E-state index contributed by atoms with van der Waals surface area (Å²) < 4.78 is 0. The maximum absolute atomic E-state index is 12.4. The van der Waals surface area contributed by atoms with Crippen molar-refractivity contribution in [3.8, 4) is 0 Å². The summed E-state index contributed by atoms with van der Waals surface area (Å²) in [4.78, 5) is 14.7. The van der Waals surface area contributed by atoms with Gasteiger partial charge in [-0.2, -0.15) is 0 Å². The largest absolute Gasteiger partial charge is 0.392 e. The maximum Gasteiger partial charge on any atom is 0.227 e. The molecule has 3 nitrogen and oxygen atoms in total. The Hall–Kier alpha value is -1.42. The summed E-state index contributed by atoms with van der Waals surface area (Å²) in [5.41, 5.74) is 9.15. The first kappa shape index (κ1) is 14.0. The number of rotatable bonds is 3. The molecule has 1 aromatic carbocycles. The number of thiocarbonyl (C=S) groups is 1. The van der Waals surface area contributed by atoms with Gasteiger partial charge in [0, 0.05) is 6.54 Å². The van der Waals surface area contributed by atoms with Crippen LogP contribution in [0.3, 0.4) is 0 Å². The molecule has 0 saturated carbocycles. The third-order valence-corrected chi connectivity index (χ3v) is 4.02. The number of benzene rings is 1. The predicted molar refractivity (Wildman–Crippen MR) is 81.1 cm³/mol. The molecule has 1 aliphatic heterocycles. The molecule has 1 unspecified atom stereocenters. The molecule has 1 aliphatic rings. The summed E-state index contributed by atoms with van der Waals surface area (Å²) in [6.07, 6.45) is 2.32. The van der Waals surface area contributed by atoms with Crippen LogP contribution in [0.4, 0.5) is 0 Å². The topological polar surface area (TPSA) is 46.3 Å². The van der Waals surface area contributed by atoms with Crippen molar-refractivity contribution in [3.05, 3.63) is 34.9 Å². The van der Waals surface area contributed by atoms with Crippen molar-refractivity contribution in [1.82, 2.24) is 4.90 Å². The number of hydrogen-bond acceptors (Lipinski definition) is 2. The van der Waals surface area contributed by atoms with Gasteiger partial charge < -0.3 is 10.6 Å². The molecule has 0 spiro atoms. The van der Waals surface area contributed by atoms with Crippen LogP contribution in [0.5, 0.6) is 0 Å². The van der Waals surface area contributed by atoms with Gasteiger partial charge in [-0.15, -0.1) is 0 Å². The van der Waals surface area contributed by atoms with Crippen LogP contribution in [-0.2, 0) is 11.2 Å². The molecule has 1 heterocycles. The van der Waals surface area contributed by atoms with E-state index in [4.69, 9.17) is 18.0 Å². The van der Waals surface area contributed by atoms with Crippen LogP contribution in [0.15, 0.2) is 18.2 Å². The Morgan fingerprint density at radius 2 is 2.21 bits per heavy atom. The second-order valence-corrected chi connectivity index (χ2v) is 5.73. The highest BCUT2D eigenvalue weighted by Crippen LogP contribution is 2.20. The Kier molecular flexibility index (Phi) is 4.20. The minimum atomic E-state index is -0.0485. The van der Waals surface area contributed by atoms with E-state index < -0.39 is 0 Å². The molecule has 0 aliphatic carbocycles. The van der Waals surface area contributed by atoms with Crippen molar-refractivity contribution >= 4 is 23.1 Å². The van der Waals surface area contributed by atoms with Gasteiger partial charge in [0.2, 0.25) is 5.91 Å². The number of hydrogen-bond donors (Lipinski definition) is 1. The molecule has 0 radical (unpaired) electrons. The molecule has 1 atom stereocenters. The monoisotopic (exact) mass is 276 g/mol. The lowest BCUT2D eigenvalue weighted by Crippen LogP contribution is -2.43. The van der Waals surface area contributed by atoms with E-state index >= 15 is 0 Å². The van der Waals surface area contributed by atoms with Gasteiger partial charge in [0.05, 0.1) is 17.5 Å². The average Bonchev–Trinajstić information content (AvgIpc) is 2.83. The van der Waals surface area contributed by atoms with Crippen molar-refractivity contribution in [2.45, 2.75) is 39.2 Å². The van der Waals surface area contributed by atoms with Gasteiger partial charge in [-0.05, 0) is 37.8 Å². The Bertz CT molecular complexity index is 513. The van der Waals surface area contributed by atoms with Gasteiger partial charge in [-0.25, -0.2) is 0 Å². The van der Waals surface area contributed by atoms with E-state index in [0.717, 1.165) is 30.5 Å². The summed E-state index contributed by atoms with van der Waals surface area (Å²) >= 11 is 5.05. The van der Waals surface area contributed by atoms with Gasteiger partial charge in [0.1, 0.15) is 0 Å². The van der Waals surface area contributed by atoms with Gasteiger partial charge in [0.25, 0.3) is 0 Å². The van der Waals surface area contributed by atoms with Gasteiger partial charge in [-0.1, -0.05) is 36.0 Å². The Morgan fingerprint density at radius 1 is 1.47 bits per heavy atom.